The number of aromatic nitrogens is 2. The average molecular weight is 222 g/mol. The van der Waals surface area contributed by atoms with Crippen molar-refractivity contribution in [2.24, 2.45) is 0 Å². The lowest BCUT2D eigenvalue weighted by Crippen LogP contribution is -1.97. The van der Waals surface area contributed by atoms with E-state index in [-0.39, 0.29) is 0 Å². The third kappa shape index (κ3) is 6.65. The predicted molar refractivity (Wildman–Crippen MR) is 69.5 cm³/mol. The Labute approximate surface area is 100 Å². The largest absolute Gasteiger partial charge is 0.273 e. The Morgan fingerprint density at radius 3 is 2.06 bits per heavy atom. The van der Waals surface area contributed by atoms with Crippen LogP contribution < -0.4 is 0 Å². The molecule has 0 aliphatic carbocycles. The van der Waals surface area contributed by atoms with Crippen LogP contribution in [0.2, 0.25) is 0 Å². The van der Waals surface area contributed by atoms with Gasteiger partial charge >= 0.3 is 0 Å². The van der Waals surface area contributed by atoms with Gasteiger partial charge in [0.1, 0.15) is 0 Å². The van der Waals surface area contributed by atoms with Crippen LogP contribution in [0, 0.1) is 0 Å². The predicted octanol–water partition coefficient (Wildman–Crippen LogP) is 4.41. The molecule has 0 unspecified atom stereocenters. The second-order valence-electron chi connectivity index (χ2n) is 4.60. The smallest absolute Gasteiger partial charge is 0.0489 e. The lowest BCUT2D eigenvalue weighted by Gasteiger charge is -2.02. The molecule has 0 aliphatic heterocycles. The molecule has 0 aromatic carbocycles. The van der Waals surface area contributed by atoms with Gasteiger partial charge in [0.15, 0.2) is 0 Å². The van der Waals surface area contributed by atoms with Crippen molar-refractivity contribution in [3.8, 4) is 0 Å². The molecule has 0 atom stereocenters. The van der Waals surface area contributed by atoms with Gasteiger partial charge in [-0.2, -0.15) is 5.10 Å². The molecule has 0 aliphatic rings. The normalized spacial score (nSPS) is 10.8. The lowest BCUT2D eigenvalue weighted by molar-refractivity contribution is 0.517. The number of hydrogen-bond acceptors (Lipinski definition) is 1. The topological polar surface area (TPSA) is 17.8 Å². The molecule has 0 saturated carbocycles. The Hall–Kier alpha value is -0.790. The number of nitrogens with zero attached hydrogens (tertiary/aromatic N) is 2. The van der Waals surface area contributed by atoms with Gasteiger partial charge in [0, 0.05) is 18.9 Å². The number of unbranched alkanes of at least 4 members (excludes halogenated alkanes) is 8. The summed E-state index contributed by atoms with van der Waals surface area (Å²) in [4.78, 5) is 0. The van der Waals surface area contributed by atoms with Gasteiger partial charge in [-0.3, -0.25) is 4.68 Å². The molecule has 1 aromatic rings. The highest BCUT2D eigenvalue weighted by Gasteiger charge is 1.93. The van der Waals surface area contributed by atoms with Gasteiger partial charge in [0.05, 0.1) is 0 Å². The molecule has 2 nitrogen and oxygen atoms in total. The van der Waals surface area contributed by atoms with Crippen molar-refractivity contribution >= 4 is 0 Å². The van der Waals surface area contributed by atoms with Gasteiger partial charge < -0.3 is 0 Å². The minimum Gasteiger partial charge on any atom is -0.273 e. The van der Waals surface area contributed by atoms with Crippen molar-refractivity contribution in [1.82, 2.24) is 9.78 Å². The highest BCUT2D eigenvalue weighted by Crippen LogP contribution is 2.09. The molecular formula is C14H26N2. The summed E-state index contributed by atoms with van der Waals surface area (Å²) in [6.45, 7) is 3.36. The summed E-state index contributed by atoms with van der Waals surface area (Å²) < 4.78 is 2.03. The first-order valence-electron chi connectivity index (χ1n) is 6.91. The van der Waals surface area contributed by atoms with E-state index in [9.17, 15) is 0 Å². The van der Waals surface area contributed by atoms with Crippen molar-refractivity contribution in [2.45, 2.75) is 71.3 Å². The number of rotatable bonds is 10. The van der Waals surface area contributed by atoms with E-state index >= 15 is 0 Å². The summed E-state index contributed by atoms with van der Waals surface area (Å²) in [6.07, 6.45) is 16.4. The molecule has 1 heterocycles. The molecule has 1 aromatic heterocycles. The second-order valence-corrected chi connectivity index (χ2v) is 4.60. The quantitative estimate of drug-likeness (QED) is 0.536. The van der Waals surface area contributed by atoms with Crippen LogP contribution in [0.3, 0.4) is 0 Å². The fourth-order valence-corrected chi connectivity index (χ4v) is 2.02. The molecule has 1 rings (SSSR count). The standard InChI is InChI=1S/C14H26N2/c1-2-3-4-5-6-7-8-9-10-13-16-14-11-12-15-16/h11-12,14H,2-10,13H2,1H3. The number of aryl methyl sites for hydroxylation is 1. The fourth-order valence-electron chi connectivity index (χ4n) is 2.02. The van der Waals surface area contributed by atoms with Crippen LogP contribution in [-0.4, -0.2) is 9.78 Å². The zero-order chi connectivity index (χ0) is 11.5. The van der Waals surface area contributed by atoms with Crippen LogP contribution in [0.25, 0.3) is 0 Å². The molecule has 16 heavy (non-hydrogen) atoms. The van der Waals surface area contributed by atoms with Gasteiger partial charge in [-0.1, -0.05) is 58.3 Å². The Balaban J connectivity index is 1.78. The highest BCUT2D eigenvalue weighted by molar-refractivity contribution is 4.77. The third-order valence-corrected chi connectivity index (χ3v) is 3.05. The van der Waals surface area contributed by atoms with Crippen molar-refractivity contribution in [3.63, 3.8) is 0 Å². The van der Waals surface area contributed by atoms with Gasteiger partial charge in [-0.25, -0.2) is 0 Å². The maximum absolute atomic E-state index is 4.20. The third-order valence-electron chi connectivity index (χ3n) is 3.05. The molecule has 2 heteroatoms. The van der Waals surface area contributed by atoms with Crippen molar-refractivity contribution in [2.75, 3.05) is 0 Å². The van der Waals surface area contributed by atoms with E-state index in [0.717, 1.165) is 6.54 Å². The molecule has 0 radical (unpaired) electrons. The van der Waals surface area contributed by atoms with Crippen LogP contribution in [0.15, 0.2) is 18.5 Å². The van der Waals surface area contributed by atoms with Crippen molar-refractivity contribution < 1.29 is 0 Å². The summed E-state index contributed by atoms with van der Waals surface area (Å²) >= 11 is 0. The first-order valence-corrected chi connectivity index (χ1v) is 6.91. The minimum absolute atomic E-state index is 1.09. The van der Waals surface area contributed by atoms with Crippen LogP contribution in [-0.2, 0) is 6.54 Å². The summed E-state index contributed by atoms with van der Waals surface area (Å²) in [7, 11) is 0. The first kappa shape index (κ1) is 13.3. The van der Waals surface area contributed by atoms with Crippen molar-refractivity contribution in [1.29, 1.82) is 0 Å². The Kier molecular flexibility index (Phi) is 7.83. The molecule has 0 bridgehead atoms. The first-order chi connectivity index (χ1) is 7.93. The fraction of sp³-hybridized carbons (Fsp3) is 0.786. The SMILES string of the molecule is CCCCCCCCCCCn1cccn1. The minimum atomic E-state index is 1.09. The second kappa shape index (κ2) is 9.44. The van der Waals surface area contributed by atoms with Crippen LogP contribution in [0.4, 0.5) is 0 Å². The Morgan fingerprint density at radius 1 is 0.875 bits per heavy atom. The number of hydrogen-bond donors (Lipinski definition) is 0. The monoisotopic (exact) mass is 222 g/mol. The maximum Gasteiger partial charge on any atom is 0.0489 e. The summed E-state index contributed by atoms with van der Waals surface area (Å²) in [5, 5.41) is 4.20. The molecule has 0 saturated heterocycles. The van der Waals surface area contributed by atoms with Crippen LogP contribution >= 0.6 is 0 Å². The van der Waals surface area contributed by atoms with E-state index in [1.807, 2.05) is 23.1 Å². The van der Waals surface area contributed by atoms with E-state index in [0.29, 0.717) is 0 Å². The van der Waals surface area contributed by atoms with Gasteiger partial charge in [-0.05, 0) is 12.5 Å². The van der Waals surface area contributed by atoms with E-state index in [1.165, 1.54) is 57.8 Å². The van der Waals surface area contributed by atoms with E-state index in [4.69, 9.17) is 0 Å². The highest BCUT2D eigenvalue weighted by atomic mass is 15.3. The molecular weight excluding hydrogens is 196 g/mol. The summed E-state index contributed by atoms with van der Waals surface area (Å²) in [5.41, 5.74) is 0. The Morgan fingerprint density at radius 2 is 1.50 bits per heavy atom. The lowest BCUT2D eigenvalue weighted by atomic mass is 10.1. The summed E-state index contributed by atoms with van der Waals surface area (Å²) in [6, 6.07) is 1.99. The molecule has 0 N–H and O–H groups in total. The molecule has 0 spiro atoms. The zero-order valence-corrected chi connectivity index (χ0v) is 10.7. The van der Waals surface area contributed by atoms with E-state index in [2.05, 4.69) is 12.0 Å². The Bertz CT molecular complexity index is 229. The van der Waals surface area contributed by atoms with Gasteiger partial charge in [0.25, 0.3) is 0 Å². The van der Waals surface area contributed by atoms with E-state index < -0.39 is 0 Å². The van der Waals surface area contributed by atoms with E-state index in [1.54, 1.807) is 0 Å². The summed E-state index contributed by atoms with van der Waals surface area (Å²) in [5.74, 6) is 0. The average Bonchev–Trinajstić information content (AvgIpc) is 2.80. The maximum atomic E-state index is 4.20. The van der Waals surface area contributed by atoms with Crippen LogP contribution in [0.1, 0.15) is 64.7 Å². The van der Waals surface area contributed by atoms with Gasteiger partial charge in [0.2, 0.25) is 0 Å². The van der Waals surface area contributed by atoms with Crippen molar-refractivity contribution in [3.05, 3.63) is 18.5 Å². The van der Waals surface area contributed by atoms with Gasteiger partial charge in [-0.15, -0.1) is 0 Å². The van der Waals surface area contributed by atoms with Crippen LogP contribution in [0.5, 0.6) is 0 Å². The molecule has 92 valence electrons. The molecule has 0 amide bonds. The molecule has 0 fully saturated rings. The zero-order valence-electron chi connectivity index (χ0n) is 10.7.